The van der Waals surface area contributed by atoms with Gasteiger partial charge in [-0.25, -0.2) is 4.39 Å². The van der Waals surface area contributed by atoms with E-state index in [1.54, 1.807) is 12.1 Å². The van der Waals surface area contributed by atoms with Crippen LogP contribution in [0.1, 0.15) is 18.4 Å². The summed E-state index contributed by atoms with van der Waals surface area (Å²) in [7, 11) is 0. The van der Waals surface area contributed by atoms with Gasteiger partial charge in [0.25, 0.3) is 0 Å². The third kappa shape index (κ3) is 3.42. The summed E-state index contributed by atoms with van der Waals surface area (Å²) in [6, 6.07) is 5.94. The quantitative estimate of drug-likeness (QED) is 0.823. The van der Waals surface area contributed by atoms with Gasteiger partial charge in [-0.1, -0.05) is 0 Å². The van der Waals surface area contributed by atoms with Crippen LogP contribution in [0.2, 0.25) is 0 Å². The van der Waals surface area contributed by atoms with Crippen molar-refractivity contribution in [3.8, 4) is 11.8 Å². The van der Waals surface area contributed by atoms with E-state index in [-0.39, 0.29) is 11.9 Å². The summed E-state index contributed by atoms with van der Waals surface area (Å²) in [5, 5.41) is 8.59. The first kappa shape index (κ1) is 12.8. The molecule has 2 rings (SSSR count). The molecule has 1 aliphatic rings. The molecule has 0 saturated carbocycles. The van der Waals surface area contributed by atoms with E-state index in [0.717, 1.165) is 6.42 Å². The molecule has 0 N–H and O–H groups in total. The molecule has 1 aliphatic heterocycles. The second kappa shape index (κ2) is 6.34. The number of rotatable bonds is 4. The number of halogens is 1. The number of benzene rings is 1. The van der Waals surface area contributed by atoms with E-state index < -0.39 is 5.82 Å². The first-order chi connectivity index (χ1) is 8.79. The van der Waals surface area contributed by atoms with Crippen molar-refractivity contribution in [3.63, 3.8) is 0 Å². The van der Waals surface area contributed by atoms with Gasteiger partial charge in [0.15, 0.2) is 6.29 Å². The van der Waals surface area contributed by atoms with E-state index in [1.165, 1.54) is 12.1 Å². The van der Waals surface area contributed by atoms with Gasteiger partial charge in [0.05, 0.1) is 25.4 Å². The van der Waals surface area contributed by atoms with Crippen molar-refractivity contribution in [3.05, 3.63) is 29.6 Å². The number of ether oxygens (including phenoxy) is 3. The molecule has 96 valence electrons. The summed E-state index contributed by atoms with van der Waals surface area (Å²) in [5.41, 5.74) is 0.0151. The molecular weight excluding hydrogens is 237 g/mol. The summed E-state index contributed by atoms with van der Waals surface area (Å²) < 4.78 is 29.4. The predicted octanol–water partition coefficient (Wildman–Crippen LogP) is 2.23. The molecule has 5 heteroatoms. The highest BCUT2D eigenvalue weighted by Crippen LogP contribution is 2.17. The van der Waals surface area contributed by atoms with Gasteiger partial charge < -0.3 is 14.2 Å². The van der Waals surface area contributed by atoms with E-state index in [9.17, 15) is 4.39 Å². The Morgan fingerprint density at radius 1 is 1.39 bits per heavy atom. The lowest BCUT2D eigenvalue weighted by Crippen LogP contribution is -2.26. The van der Waals surface area contributed by atoms with Crippen molar-refractivity contribution < 1.29 is 18.6 Å². The van der Waals surface area contributed by atoms with Crippen LogP contribution in [0.15, 0.2) is 18.2 Å². The van der Waals surface area contributed by atoms with Crippen LogP contribution in [0.25, 0.3) is 0 Å². The number of hydrogen-bond donors (Lipinski definition) is 0. The Kier molecular flexibility index (Phi) is 4.51. The Bertz CT molecular complexity index is 438. The average Bonchev–Trinajstić information content (AvgIpc) is 2.40. The topological polar surface area (TPSA) is 51.5 Å². The fraction of sp³-hybridized carbons (Fsp3) is 0.462. The third-order valence-electron chi connectivity index (χ3n) is 2.58. The van der Waals surface area contributed by atoms with Crippen molar-refractivity contribution in [1.82, 2.24) is 0 Å². The Balaban J connectivity index is 1.79. The molecule has 18 heavy (non-hydrogen) atoms. The maximum Gasteiger partial charge on any atom is 0.160 e. The van der Waals surface area contributed by atoms with E-state index >= 15 is 0 Å². The molecule has 0 aliphatic carbocycles. The van der Waals surface area contributed by atoms with Crippen LogP contribution >= 0.6 is 0 Å². The van der Waals surface area contributed by atoms with Gasteiger partial charge in [0.2, 0.25) is 0 Å². The minimum Gasteiger partial charge on any atom is -0.493 e. The highest BCUT2D eigenvalue weighted by atomic mass is 19.1. The van der Waals surface area contributed by atoms with Gasteiger partial charge in [0.1, 0.15) is 17.6 Å². The molecule has 1 aromatic carbocycles. The maximum absolute atomic E-state index is 13.3. The van der Waals surface area contributed by atoms with Crippen LogP contribution in [0, 0.1) is 17.1 Å². The van der Waals surface area contributed by atoms with Crippen LogP contribution < -0.4 is 4.74 Å². The van der Waals surface area contributed by atoms with Crippen molar-refractivity contribution in [1.29, 1.82) is 5.26 Å². The molecule has 1 fully saturated rings. The van der Waals surface area contributed by atoms with Crippen LogP contribution in [-0.4, -0.2) is 26.1 Å². The van der Waals surface area contributed by atoms with Crippen molar-refractivity contribution in [2.75, 3.05) is 19.8 Å². The molecule has 1 heterocycles. The Morgan fingerprint density at radius 3 is 2.83 bits per heavy atom. The lowest BCUT2D eigenvalue weighted by molar-refractivity contribution is -0.183. The lowest BCUT2D eigenvalue weighted by Gasteiger charge is -2.23. The first-order valence-electron chi connectivity index (χ1n) is 5.85. The summed E-state index contributed by atoms with van der Waals surface area (Å²) >= 11 is 0. The maximum atomic E-state index is 13.3. The fourth-order valence-corrected chi connectivity index (χ4v) is 1.65. The standard InChI is InChI=1S/C13H14FNO3/c14-12-8-11(3-2-10(12)9-15)16-7-4-13-17-5-1-6-18-13/h2-3,8,13H,1,4-7H2. The zero-order valence-corrected chi connectivity index (χ0v) is 9.89. The molecule has 0 unspecified atom stereocenters. The van der Waals surface area contributed by atoms with Crippen LogP contribution in [0.4, 0.5) is 4.39 Å². The largest absolute Gasteiger partial charge is 0.493 e. The van der Waals surface area contributed by atoms with Crippen LogP contribution in [0.3, 0.4) is 0 Å². The monoisotopic (exact) mass is 251 g/mol. The normalized spacial score (nSPS) is 16.2. The van der Waals surface area contributed by atoms with Gasteiger partial charge in [-0.15, -0.1) is 0 Å². The number of nitriles is 1. The van der Waals surface area contributed by atoms with E-state index in [0.29, 0.717) is 32.0 Å². The molecule has 0 aromatic heterocycles. The van der Waals surface area contributed by atoms with E-state index in [2.05, 4.69) is 0 Å². The zero-order valence-electron chi connectivity index (χ0n) is 9.89. The lowest BCUT2D eigenvalue weighted by atomic mass is 10.2. The Morgan fingerprint density at radius 2 is 2.17 bits per heavy atom. The Labute approximate surface area is 105 Å². The van der Waals surface area contributed by atoms with Crippen LogP contribution in [-0.2, 0) is 9.47 Å². The van der Waals surface area contributed by atoms with Gasteiger partial charge in [-0.2, -0.15) is 5.26 Å². The minimum absolute atomic E-state index is 0.0151. The SMILES string of the molecule is N#Cc1ccc(OCCC2OCCCO2)cc1F. The van der Waals surface area contributed by atoms with Gasteiger partial charge in [-0.05, 0) is 18.6 Å². The van der Waals surface area contributed by atoms with Gasteiger partial charge >= 0.3 is 0 Å². The Hall–Kier alpha value is -1.64. The number of nitrogens with zero attached hydrogens (tertiary/aromatic N) is 1. The summed E-state index contributed by atoms with van der Waals surface area (Å²) in [6.45, 7) is 1.79. The molecule has 1 aromatic rings. The first-order valence-corrected chi connectivity index (χ1v) is 5.85. The molecule has 4 nitrogen and oxygen atoms in total. The summed E-state index contributed by atoms with van der Waals surface area (Å²) in [4.78, 5) is 0. The third-order valence-corrected chi connectivity index (χ3v) is 2.58. The smallest absolute Gasteiger partial charge is 0.160 e. The predicted molar refractivity (Wildman–Crippen MR) is 61.5 cm³/mol. The van der Waals surface area contributed by atoms with E-state index in [1.807, 2.05) is 0 Å². The van der Waals surface area contributed by atoms with Gasteiger partial charge in [-0.3, -0.25) is 0 Å². The van der Waals surface area contributed by atoms with Crippen molar-refractivity contribution >= 4 is 0 Å². The fourth-order valence-electron chi connectivity index (χ4n) is 1.65. The van der Waals surface area contributed by atoms with Gasteiger partial charge in [0, 0.05) is 12.5 Å². The molecule has 0 spiro atoms. The van der Waals surface area contributed by atoms with Crippen molar-refractivity contribution in [2.45, 2.75) is 19.1 Å². The summed E-state index contributed by atoms with van der Waals surface area (Å²) in [5.74, 6) is -0.164. The molecule has 0 amide bonds. The van der Waals surface area contributed by atoms with Crippen molar-refractivity contribution in [2.24, 2.45) is 0 Å². The highest BCUT2D eigenvalue weighted by molar-refractivity contribution is 5.36. The highest BCUT2D eigenvalue weighted by Gasteiger charge is 2.14. The number of hydrogen-bond acceptors (Lipinski definition) is 4. The summed E-state index contributed by atoms with van der Waals surface area (Å²) in [6.07, 6.45) is 1.28. The molecule has 0 atom stereocenters. The molecule has 0 bridgehead atoms. The van der Waals surface area contributed by atoms with E-state index in [4.69, 9.17) is 19.5 Å². The molecular formula is C13H14FNO3. The average molecular weight is 251 g/mol. The molecule has 1 saturated heterocycles. The second-order valence-electron chi connectivity index (χ2n) is 3.92. The minimum atomic E-state index is -0.569. The second-order valence-corrected chi connectivity index (χ2v) is 3.92. The zero-order chi connectivity index (χ0) is 12.8. The molecule has 0 radical (unpaired) electrons. The van der Waals surface area contributed by atoms with Crippen LogP contribution in [0.5, 0.6) is 5.75 Å².